The summed E-state index contributed by atoms with van der Waals surface area (Å²) in [4.78, 5) is 11.9. The summed E-state index contributed by atoms with van der Waals surface area (Å²) in [5.41, 5.74) is 1.68. The summed E-state index contributed by atoms with van der Waals surface area (Å²) in [6, 6.07) is 7.14. The lowest BCUT2D eigenvalue weighted by atomic mass is 10.1. The van der Waals surface area contributed by atoms with E-state index in [4.69, 9.17) is 5.11 Å². The molecule has 4 heteroatoms. The zero-order valence-corrected chi connectivity index (χ0v) is 11.9. The highest BCUT2D eigenvalue weighted by Crippen LogP contribution is 2.11. The lowest BCUT2D eigenvalue weighted by Crippen LogP contribution is -2.38. The second-order valence-corrected chi connectivity index (χ2v) is 5.20. The van der Waals surface area contributed by atoms with Gasteiger partial charge in [0.2, 0.25) is 5.91 Å². The molecule has 0 saturated heterocycles. The molecule has 1 unspecified atom stereocenters. The Labute approximate surface area is 115 Å². The van der Waals surface area contributed by atoms with E-state index in [1.165, 1.54) is 0 Å². The highest BCUT2D eigenvalue weighted by molar-refractivity contribution is 5.84. The summed E-state index contributed by atoms with van der Waals surface area (Å²) in [5, 5.41) is 15.1. The largest absolute Gasteiger partial charge is 0.392 e. The highest BCUT2D eigenvalue weighted by Gasteiger charge is 2.12. The second kappa shape index (κ2) is 7.79. The zero-order chi connectivity index (χ0) is 14.3. The minimum Gasteiger partial charge on any atom is -0.392 e. The molecule has 0 aliphatic rings. The topological polar surface area (TPSA) is 61.4 Å². The number of amides is 1. The van der Waals surface area contributed by atoms with Gasteiger partial charge in [0.05, 0.1) is 6.61 Å². The van der Waals surface area contributed by atoms with Gasteiger partial charge in [0.15, 0.2) is 0 Å². The summed E-state index contributed by atoms with van der Waals surface area (Å²) >= 11 is 0. The molecule has 0 bridgehead atoms. The molecular formula is C15H24N2O2. The molecule has 0 aromatic heterocycles. The minimum absolute atomic E-state index is 0.00445. The molecule has 106 valence electrons. The van der Waals surface area contributed by atoms with Gasteiger partial charge in [0, 0.05) is 12.2 Å². The Morgan fingerprint density at radius 3 is 2.68 bits per heavy atom. The molecule has 0 radical (unpaired) electrons. The number of aliphatic hydroxyl groups is 1. The normalized spacial score (nSPS) is 12.3. The van der Waals surface area contributed by atoms with Crippen molar-refractivity contribution in [1.29, 1.82) is 0 Å². The van der Waals surface area contributed by atoms with Crippen LogP contribution in [0.25, 0.3) is 0 Å². The van der Waals surface area contributed by atoms with Crippen molar-refractivity contribution in [2.24, 2.45) is 5.92 Å². The molecule has 1 atom stereocenters. The lowest BCUT2D eigenvalue weighted by Gasteiger charge is -2.16. The third-order valence-corrected chi connectivity index (χ3v) is 2.91. The Hall–Kier alpha value is -1.55. The van der Waals surface area contributed by atoms with E-state index in [1.54, 1.807) is 0 Å². The molecule has 0 spiro atoms. The predicted molar refractivity (Wildman–Crippen MR) is 77.9 cm³/mol. The molecule has 1 aromatic rings. The Morgan fingerprint density at radius 2 is 2.05 bits per heavy atom. The molecule has 1 amide bonds. The predicted octanol–water partition coefficient (Wildman–Crippen LogP) is 2.14. The van der Waals surface area contributed by atoms with Gasteiger partial charge in [-0.3, -0.25) is 4.79 Å². The van der Waals surface area contributed by atoms with Crippen LogP contribution in [0.1, 0.15) is 32.8 Å². The fraction of sp³-hybridized carbons (Fsp3) is 0.533. The van der Waals surface area contributed by atoms with E-state index in [2.05, 4.69) is 24.5 Å². The van der Waals surface area contributed by atoms with Gasteiger partial charge in [0.1, 0.15) is 6.04 Å². The van der Waals surface area contributed by atoms with E-state index in [0.717, 1.165) is 17.7 Å². The quantitative estimate of drug-likeness (QED) is 0.707. The van der Waals surface area contributed by atoms with Crippen LogP contribution < -0.4 is 10.6 Å². The molecule has 0 fully saturated rings. The van der Waals surface area contributed by atoms with E-state index in [0.29, 0.717) is 12.5 Å². The molecule has 1 aromatic carbocycles. The number of aliphatic hydroxyl groups excluding tert-OH is 1. The summed E-state index contributed by atoms with van der Waals surface area (Å²) in [6.45, 7) is 6.81. The molecule has 0 heterocycles. The maximum absolute atomic E-state index is 11.9. The van der Waals surface area contributed by atoms with Gasteiger partial charge in [-0.25, -0.2) is 0 Å². The Bertz CT molecular complexity index is 405. The van der Waals surface area contributed by atoms with Crippen LogP contribution in [0.15, 0.2) is 24.3 Å². The van der Waals surface area contributed by atoms with Gasteiger partial charge in [-0.1, -0.05) is 26.0 Å². The van der Waals surface area contributed by atoms with Crippen molar-refractivity contribution >= 4 is 11.6 Å². The van der Waals surface area contributed by atoms with Gasteiger partial charge in [-0.15, -0.1) is 0 Å². The summed E-state index contributed by atoms with van der Waals surface area (Å²) in [5.74, 6) is 0.583. The van der Waals surface area contributed by atoms with Crippen molar-refractivity contribution in [1.82, 2.24) is 5.32 Å². The van der Waals surface area contributed by atoms with Crippen molar-refractivity contribution < 1.29 is 9.90 Å². The smallest absolute Gasteiger partial charge is 0.242 e. The summed E-state index contributed by atoms with van der Waals surface area (Å²) in [7, 11) is 0. The van der Waals surface area contributed by atoms with Gasteiger partial charge in [-0.2, -0.15) is 0 Å². The van der Waals surface area contributed by atoms with Crippen molar-refractivity contribution in [3.63, 3.8) is 0 Å². The maximum atomic E-state index is 11.9. The second-order valence-electron chi connectivity index (χ2n) is 5.20. The number of benzene rings is 1. The zero-order valence-electron chi connectivity index (χ0n) is 11.9. The fourth-order valence-electron chi connectivity index (χ4n) is 1.71. The Balaban J connectivity index is 2.44. The molecule has 3 N–H and O–H groups in total. The number of anilines is 1. The van der Waals surface area contributed by atoms with Crippen molar-refractivity contribution in [2.45, 2.75) is 39.8 Å². The first-order valence-corrected chi connectivity index (χ1v) is 6.77. The van der Waals surface area contributed by atoms with Gasteiger partial charge in [0.25, 0.3) is 0 Å². The van der Waals surface area contributed by atoms with E-state index in [-0.39, 0.29) is 18.6 Å². The van der Waals surface area contributed by atoms with E-state index in [9.17, 15) is 4.79 Å². The van der Waals surface area contributed by atoms with Crippen LogP contribution in [-0.4, -0.2) is 23.6 Å². The molecule has 19 heavy (non-hydrogen) atoms. The molecular weight excluding hydrogens is 240 g/mol. The molecule has 0 aliphatic carbocycles. The minimum atomic E-state index is -0.291. The summed E-state index contributed by atoms with van der Waals surface area (Å²) in [6.07, 6.45) is 0.985. The number of carbonyl (C=O) groups excluding carboxylic acids is 1. The van der Waals surface area contributed by atoms with Gasteiger partial charge >= 0.3 is 0 Å². The van der Waals surface area contributed by atoms with Crippen LogP contribution in [0, 0.1) is 5.92 Å². The third-order valence-electron chi connectivity index (χ3n) is 2.91. The van der Waals surface area contributed by atoms with E-state index in [1.807, 2.05) is 31.2 Å². The lowest BCUT2D eigenvalue weighted by molar-refractivity contribution is -0.121. The standard InChI is InChI=1S/C15H24N2O2/c1-11(2)7-8-16-15(19)12(3)17-14-6-4-5-13(9-14)10-18/h4-6,9,11-12,17-18H,7-8,10H2,1-3H3,(H,16,19). The van der Waals surface area contributed by atoms with E-state index >= 15 is 0 Å². The highest BCUT2D eigenvalue weighted by atomic mass is 16.3. The fourth-order valence-corrected chi connectivity index (χ4v) is 1.71. The van der Waals surface area contributed by atoms with Crippen molar-refractivity contribution in [3.8, 4) is 0 Å². The Morgan fingerprint density at radius 1 is 1.32 bits per heavy atom. The number of nitrogens with one attached hydrogen (secondary N) is 2. The third kappa shape index (κ3) is 5.75. The van der Waals surface area contributed by atoms with Crippen LogP contribution in [0.2, 0.25) is 0 Å². The number of rotatable bonds is 7. The first-order valence-electron chi connectivity index (χ1n) is 6.77. The van der Waals surface area contributed by atoms with Crippen LogP contribution >= 0.6 is 0 Å². The monoisotopic (exact) mass is 264 g/mol. The SMILES string of the molecule is CC(C)CCNC(=O)C(C)Nc1cccc(CO)c1. The van der Waals surface area contributed by atoms with Crippen LogP contribution in [0.4, 0.5) is 5.69 Å². The Kier molecular flexibility index (Phi) is 6.36. The van der Waals surface area contributed by atoms with Gasteiger partial charge in [-0.05, 0) is 37.0 Å². The van der Waals surface area contributed by atoms with Crippen LogP contribution in [-0.2, 0) is 11.4 Å². The van der Waals surface area contributed by atoms with Crippen molar-refractivity contribution in [2.75, 3.05) is 11.9 Å². The molecule has 0 saturated carbocycles. The first kappa shape index (κ1) is 15.5. The average Bonchev–Trinajstić information content (AvgIpc) is 2.38. The molecule has 0 aliphatic heterocycles. The van der Waals surface area contributed by atoms with Crippen LogP contribution in [0.3, 0.4) is 0 Å². The van der Waals surface area contributed by atoms with Gasteiger partial charge < -0.3 is 15.7 Å². The average molecular weight is 264 g/mol. The number of hydrogen-bond donors (Lipinski definition) is 3. The van der Waals surface area contributed by atoms with E-state index < -0.39 is 0 Å². The molecule has 4 nitrogen and oxygen atoms in total. The van der Waals surface area contributed by atoms with Crippen molar-refractivity contribution in [3.05, 3.63) is 29.8 Å². The first-order chi connectivity index (χ1) is 9.02. The molecule has 1 rings (SSSR count). The number of hydrogen-bond acceptors (Lipinski definition) is 3. The van der Waals surface area contributed by atoms with Crippen LogP contribution in [0.5, 0.6) is 0 Å². The summed E-state index contributed by atoms with van der Waals surface area (Å²) < 4.78 is 0. The number of carbonyl (C=O) groups is 1. The maximum Gasteiger partial charge on any atom is 0.242 e.